The fourth-order valence-electron chi connectivity index (χ4n) is 3.38. The number of nitrogens with one attached hydrogen (secondary N) is 1. The van der Waals surface area contributed by atoms with Crippen LogP contribution < -0.4 is 11.1 Å². The van der Waals surface area contributed by atoms with Crippen LogP contribution in [-0.2, 0) is 4.79 Å². The average molecular weight is 378 g/mol. The second-order valence-electron chi connectivity index (χ2n) is 6.79. The largest absolute Gasteiger partial charge is 0.480 e. The molecule has 1 atom stereocenters. The van der Waals surface area contributed by atoms with E-state index in [9.17, 15) is 14.7 Å². The summed E-state index contributed by atoms with van der Waals surface area (Å²) in [5, 5.41) is 13.0. The number of halogens is 1. The van der Waals surface area contributed by atoms with Crippen molar-refractivity contribution in [1.82, 2.24) is 4.90 Å². The van der Waals surface area contributed by atoms with Crippen molar-refractivity contribution in [2.45, 2.75) is 44.0 Å². The van der Waals surface area contributed by atoms with E-state index in [1.54, 1.807) is 29.2 Å². The fraction of sp³-hybridized carbons (Fsp3) is 0.556. The molecule has 1 heterocycles. The molecule has 0 aliphatic carbocycles. The van der Waals surface area contributed by atoms with E-state index in [0.29, 0.717) is 55.8 Å². The Balaban J connectivity index is 1.91. The van der Waals surface area contributed by atoms with Gasteiger partial charge in [-0.3, -0.25) is 4.79 Å². The molecule has 1 aliphatic heterocycles. The smallest absolute Gasteiger partial charge is 0.323 e. The minimum atomic E-state index is -1.26. The molecular formula is C18H25BClN3O3. The lowest BCUT2D eigenvalue weighted by molar-refractivity contribution is -0.146. The molecule has 1 unspecified atom stereocenters. The summed E-state index contributed by atoms with van der Waals surface area (Å²) in [7, 11) is 5.49. The first kappa shape index (κ1) is 20.6. The summed E-state index contributed by atoms with van der Waals surface area (Å²) in [6, 6.07) is 6.69. The number of aliphatic carboxylic acids is 1. The molecule has 2 amide bonds. The molecule has 1 aliphatic rings. The summed E-state index contributed by atoms with van der Waals surface area (Å²) in [6.45, 7) is 0.959. The van der Waals surface area contributed by atoms with Crippen LogP contribution in [0, 0.1) is 5.92 Å². The van der Waals surface area contributed by atoms with Gasteiger partial charge in [-0.25, -0.2) is 4.79 Å². The number of hydrogen-bond acceptors (Lipinski definition) is 3. The van der Waals surface area contributed by atoms with E-state index >= 15 is 0 Å². The van der Waals surface area contributed by atoms with Crippen LogP contribution in [0.1, 0.15) is 32.1 Å². The van der Waals surface area contributed by atoms with E-state index < -0.39 is 11.5 Å². The van der Waals surface area contributed by atoms with Gasteiger partial charge in [0, 0.05) is 23.8 Å². The van der Waals surface area contributed by atoms with Crippen molar-refractivity contribution < 1.29 is 14.7 Å². The van der Waals surface area contributed by atoms with Gasteiger partial charge in [0.15, 0.2) is 0 Å². The highest BCUT2D eigenvalue weighted by molar-refractivity contribution is 6.30. The lowest BCUT2D eigenvalue weighted by Crippen LogP contribution is -2.57. The summed E-state index contributed by atoms with van der Waals surface area (Å²) in [4.78, 5) is 25.8. The summed E-state index contributed by atoms with van der Waals surface area (Å²) >= 11 is 5.84. The van der Waals surface area contributed by atoms with Crippen LogP contribution in [0.5, 0.6) is 0 Å². The first-order valence-electron chi connectivity index (χ1n) is 8.90. The third kappa shape index (κ3) is 5.14. The Bertz CT molecular complexity index is 621. The van der Waals surface area contributed by atoms with Gasteiger partial charge >= 0.3 is 12.0 Å². The molecule has 1 aromatic rings. The predicted molar refractivity (Wildman–Crippen MR) is 104 cm³/mol. The number of urea groups is 1. The number of hydrogen-bond donors (Lipinski definition) is 3. The number of anilines is 1. The summed E-state index contributed by atoms with van der Waals surface area (Å²) in [5.74, 6) is -1.13. The molecule has 1 saturated heterocycles. The number of nitrogens with two attached hydrogens (primary N) is 1. The van der Waals surface area contributed by atoms with Crippen molar-refractivity contribution in [3.63, 3.8) is 0 Å². The lowest BCUT2D eigenvalue weighted by atomic mass is 9.75. The van der Waals surface area contributed by atoms with Crippen molar-refractivity contribution in [3.05, 3.63) is 29.3 Å². The minimum Gasteiger partial charge on any atom is -0.480 e. The van der Waals surface area contributed by atoms with Crippen LogP contribution in [0.25, 0.3) is 0 Å². The van der Waals surface area contributed by atoms with E-state index in [1.165, 1.54) is 0 Å². The van der Waals surface area contributed by atoms with Gasteiger partial charge in [0.1, 0.15) is 5.54 Å². The maximum absolute atomic E-state index is 12.4. The number of carboxylic acid groups (broad SMARTS) is 1. The number of carbonyl (C=O) groups excluding carboxylic acids is 1. The third-order valence-electron chi connectivity index (χ3n) is 5.05. The highest BCUT2D eigenvalue weighted by atomic mass is 35.5. The van der Waals surface area contributed by atoms with Crippen LogP contribution in [0.15, 0.2) is 24.3 Å². The van der Waals surface area contributed by atoms with Crippen LogP contribution in [0.2, 0.25) is 11.3 Å². The molecule has 1 fully saturated rings. The second-order valence-corrected chi connectivity index (χ2v) is 7.23. The number of carbonyl (C=O) groups is 2. The van der Waals surface area contributed by atoms with Crippen LogP contribution >= 0.6 is 11.6 Å². The molecule has 8 heteroatoms. The summed E-state index contributed by atoms with van der Waals surface area (Å²) in [6.07, 6.45) is 3.52. The van der Waals surface area contributed by atoms with Gasteiger partial charge in [0.05, 0.1) is 7.85 Å². The van der Waals surface area contributed by atoms with Gasteiger partial charge in [0.25, 0.3) is 0 Å². The van der Waals surface area contributed by atoms with E-state index in [0.717, 1.165) is 6.42 Å². The highest BCUT2D eigenvalue weighted by Crippen LogP contribution is 2.31. The molecule has 6 nitrogen and oxygen atoms in total. The zero-order chi connectivity index (χ0) is 19.2. The number of likely N-dealkylation sites (tertiary alicyclic amines) is 1. The molecule has 2 rings (SSSR count). The molecular weight excluding hydrogens is 352 g/mol. The van der Waals surface area contributed by atoms with Gasteiger partial charge in [-0.2, -0.15) is 0 Å². The molecule has 2 radical (unpaired) electrons. The van der Waals surface area contributed by atoms with Crippen molar-refractivity contribution in [3.8, 4) is 0 Å². The Morgan fingerprint density at radius 3 is 2.42 bits per heavy atom. The van der Waals surface area contributed by atoms with Crippen molar-refractivity contribution >= 4 is 37.1 Å². The van der Waals surface area contributed by atoms with Crippen molar-refractivity contribution in [1.29, 1.82) is 0 Å². The number of benzene rings is 1. The molecule has 140 valence electrons. The van der Waals surface area contributed by atoms with Crippen molar-refractivity contribution in [2.24, 2.45) is 11.7 Å². The van der Waals surface area contributed by atoms with Gasteiger partial charge in [0.2, 0.25) is 0 Å². The Morgan fingerprint density at radius 1 is 1.27 bits per heavy atom. The molecule has 0 saturated carbocycles. The van der Waals surface area contributed by atoms with Gasteiger partial charge in [-0.15, -0.1) is 0 Å². The van der Waals surface area contributed by atoms with E-state index in [-0.39, 0.29) is 11.9 Å². The second kappa shape index (κ2) is 9.28. The van der Waals surface area contributed by atoms with E-state index in [2.05, 4.69) is 5.32 Å². The van der Waals surface area contributed by atoms with Gasteiger partial charge in [-0.05, 0) is 49.4 Å². The summed E-state index contributed by atoms with van der Waals surface area (Å²) < 4.78 is 0. The maximum atomic E-state index is 12.4. The molecule has 1 aromatic carbocycles. The third-order valence-corrected chi connectivity index (χ3v) is 5.30. The average Bonchev–Trinajstić information content (AvgIpc) is 2.63. The standard InChI is InChI=1S/C18H25BClN3O3/c19-10-2-1-9-18(21,16(24)25)13-7-11-23(12-8-13)17(26)22-15-5-3-14(20)4-6-15/h3-6,13H,1-2,7-12,21H2,(H,22,26)(H,24,25). The molecule has 0 aromatic heterocycles. The Labute approximate surface area is 160 Å². The van der Waals surface area contributed by atoms with Crippen LogP contribution in [-0.4, -0.2) is 48.5 Å². The van der Waals surface area contributed by atoms with Crippen LogP contribution in [0.3, 0.4) is 0 Å². The zero-order valence-electron chi connectivity index (χ0n) is 14.8. The monoisotopic (exact) mass is 377 g/mol. The first-order valence-corrected chi connectivity index (χ1v) is 9.28. The molecule has 0 spiro atoms. The number of piperidine rings is 1. The van der Waals surface area contributed by atoms with Gasteiger partial charge in [-0.1, -0.05) is 30.8 Å². The first-order chi connectivity index (χ1) is 12.4. The Morgan fingerprint density at radius 2 is 1.88 bits per heavy atom. The quantitative estimate of drug-likeness (QED) is 0.502. The van der Waals surface area contributed by atoms with E-state index in [1.807, 2.05) is 0 Å². The van der Waals surface area contributed by atoms with E-state index in [4.69, 9.17) is 25.2 Å². The van der Waals surface area contributed by atoms with Crippen LogP contribution in [0.4, 0.5) is 10.5 Å². The minimum absolute atomic E-state index is 0.155. The SMILES string of the molecule is [B]CCCCC(N)(C(=O)O)C1CCN(C(=O)Nc2ccc(Cl)cc2)CC1. The number of rotatable bonds is 7. The fourth-order valence-corrected chi connectivity index (χ4v) is 3.51. The summed E-state index contributed by atoms with van der Waals surface area (Å²) in [5.41, 5.74) is 5.66. The zero-order valence-corrected chi connectivity index (χ0v) is 15.5. The molecule has 4 N–H and O–H groups in total. The number of unbranched alkanes of at least 4 members (excludes halogenated alkanes) is 1. The highest BCUT2D eigenvalue weighted by Gasteiger charge is 2.43. The topological polar surface area (TPSA) is 95.7 Å². The number of carboxylic acids is 1. The van der Waals surface area contributed by atoms with Gasteiger partial charge < -0.3 is 21.1 Å². The molecule has 0 bridgehead atoms. The number of nitrogens with zero attached hydrogens (tertiary/aromatic N) is 1. The predicted octanol–water partition coefficient (Wildman–Crippen LogP) is 3.12. The lowest BCUT2D eigenvalue weighted by Gasteiger charge is -2.40. The number of amides is 2. The Hall–Kier alpha value is -1.73. The van der Waals surface area contributed by atoms with Crippen molar-refractivity contribution in [2.75, 3.05) is 18.4 Å². The Kier molecular flexibility index (Phi) is 7.35. The normalized spacial score (nSPS) is 17.5. The maximum Gasteiger partial charge on any atom is 0.323 e. The molecule has 26 heavy (non-hydrogen) atoms.